The summed E-state index contributed by atoms with van der Waals surface area (Å²) in [5.74, 6) is 0.581. The fraction of sp³-hybridized carbons (Fsp3) is 0.250. The summed E-state index contributed by atoms with van der Waals surface area (Å²) in [5.41, 5.74) is 0.850. The van der Waals surface area contributed by atoms with E-state index in [4.69, 9.17) is 4.74 Å². The van der Waals surface area contributed by atoms with Gasteiger partial charge in [-0.25, -0.2) is 0 Å². The molecule has 0 spiro atoms. The van der Waals surface area contributed by atoms with E-state index in [0.29, 0.717) is 12.3 Å². The molecule has 1 amide bonds. The molecule has 0 aliphatic carbocycles. The van der Waals surface area contributed by atoms with Gasteiger partial charge in [0.1, 0.15) is 5.75 Å². The Morgan fingerprint density at radius 3 is 2.81 bits per heavy atom. The number of pyridine rings is 1. The molecule has 1 aromatic carbocycles. The molecule has 21 heavy (non-hydrogen) atoms. The van der Waals surface area contributed by atoms with Crippen LogP contribution in [-0.4, -0.2) is 28.9 Å². The molecule has 0 bridgehead atoms. The molecule has 5 heteroatoms. The van der Waals surface area contributed by atoms with Gasteiger partial charge in [0.25, 0.3) is 5.91 Å². The average Bonchev–Trinajstić information content (AvgIpc) is 2.47. The number of carbonyl (C=O) groups excluding carboxylic acids is 1. The highest BCUT2D eigenvalue weighted by Crippen LogP contribution is 2.19. The molecule has 110 valence electrons. The maximum absolute atomic E-state index is 12.3. The highest BCUT2D eigenvalue weighted by molar-refractivity contribution is 9.10. The number of benzene rings is 1. The molecule has 0 aliphatic rings. The van der Waals surface area contributed by atoms with Crippen molar-refractivity contribution in [3.63, 3.8) is 0 Å². The lowest BCUT2D eigenvalue weighted by Gasteiger charge is -2.22. The van der Waals surface area contributed by atoms with Gasteiger partial charge in [0.2, 0.25) is 0 Å². The fourth-order valence-electron chi connectivity index (χ4n) is 1.92. The number of ether oxygens (including phenoxy) is 1. The van der Waals surface area contributed by atoms with E-state index < -0.39 is 6.10 Å². The van der Waals surface area contributed by atoms with Gasteiger partial charge >= 0.3 is 0 Å². The lowest BCUT2D eigenvalue weighted by molar-refractivity contribution is -0.137. The van der Waals surface area contributed by atoms with Gasteiger partial charge in [0.15, 0.2) is 6.10 Å². The molecule has 1 aromatic heterocycles. The monoisotopic (exact) mass is 348 g/mol. The Kier molecular flexibility index (Phi) is 5.33. The number of nitrogens with zero attached hydrogens (tertiary/aromatic N) is 2. The molecule has 1 atom stereocenters. The van der Waals surface area contributed by atoms with Crippen molar-refractivity contribution in [1.29, 1.82) is 0 Å². The first-order chi connectivity index (χ1) is 10.1. The van der Waals surface area contributed by atoms with Gasteiger partial charge < -0.3 is 9.64 Å². The SMILES string of the molecule is C[C@H](Oc1cccc(Br)c1)C(=O)N(C)Cc1ccccn1. The molecule has 0 N–H and O–H groups in total. The Labute approximate surface area is 132 Å². The molecule has 1 heterocycles. The van der Waals surface area contributed by atoms with Crippen LogP contribution in [0.1, 0.15) is 12.6 Å². The van der Waals surface area contributed by atoms with E-state index in [1.807, 2.05) is 42.5 Å². The number of amides is 1. The van der Waals surface area contributed by atoms with Gasteiger partial charge in [0.05, 0.1) is 12.2 Å². The molecule has 4 nitrogen and oxygen atoms in total. The smallest absolute Gasteiger partial charge is 0.263 e. The standard InChI is InChI=1S/C16H17BrN2O2/c1-12(21-15-8-5-6-13(17)10-15)16(20)19(2)11-14-7-3-4-9-18-14/h3-10,12H,11H2,1-2H3/t12-/m0/s1. The number of hydrogen-bond donors (Lipinski definition) is 0. The van der Waals surface area contributed by atoms with E-state index >= 15 is 0 Å². The second kappa shape index (κ2) is 7.22. The van der Waals surface area contributed by atoms with E-state index in [0.717, 1.165) is 10.2 Å². The predicted octanol–water partition coefficient (Wildman–Crippen LogP) is 3.27. The summed E-state index contributed by atoms with van der Waals surface area (Å²) in [4.78, 5) is 18.1. The number of aromatic nitrogens is 1. The highest BCUT2D eigenvalue weighted by Gasteiger charge is 2.19. The van der Waals surface area contributed by atoms with Crippen molar-refractivity contribution in [2.75, 3.05) is 7.05 Å². The normalized spacial score (nSPS) is 11.8. The van der Waals surface area contributed by atoms with Crippen molar-refractivity contribution in [1.82, 2.24) is 9.88 Å². The van der Waals surface area contributed by atoms with Gasteiger partial charge in [-0.2, -0.15) is 0 Å². The maximum atomic E-state index is 12.3. The summed E-state index contributed by atoms with van der Waals surface area (Å²) in [7, 11) is 1.75. The molecular formula is C16H17BrN2O2. The summed E-state index contributed by atoms with van der Waals surface area (Å²) in [6, 6.07) is 13.1. The molecule has 2 rings (SSSR count). The lowest BCUT2D eigenvalue weighted by atomic mass is 10.3. The third kappa shape index (κ3) is 4.56. The van der Waals surface area contributed by atoms with Crippen LogP contribution >= 0.6 is 15.9 Å². The largest absolute Gasteiger partial charge is 0.481 e. The molecule has 0 saturated heterocycles. The van der Waals surface area contributed by atoms with E-state index in [9.17, 15) is 4.79 Å². The zero-order chi connectivity index (χ0) is 15.2. The second-order valence-electron chi connectivity index (χ2n) is 4.73. The van der Waals surface area contributed by atoms with Crippen molar-refractivity contribution in [3.05, 3.63) is 58.8 Å². The first-order valence-electron chi connectivity index (χ1n) is 6.63. The summed E-state index contributed by atoms with van der Waals surface area (Å²) in [6.45, 7) is 2.21. The number of likely N-dealkylation sites (N-methyl/N-ethyl adjacent to an activating group) is 1. The topological polar surface area (TPSA) is 42.4 Å². The molecular weight excluding hydrogens is 332 g/mol. The van der Waals surface area contributed by atoms with Gasteiger partial charge in [0, 0.05) is 17.7 Å². The van der Waals surface area contributed by atoms with Crippen LogP contribution in [0, 0.1) is 0 Å². The minimum atomic E-state index is -0.548. The number of carbonyl (C=O) groups is 1. The molecule has 0 saturated carbocycles. The van der Waals surface area contributed by atoms with Crippen LogP contribution in [0.15, 0.2) is 53.1 Å². The van der Waals surface area contributed by atoms with Crippen LogP contribution in [0.3, 0.4) is 0 Å². The van der Waals surface area contributed by atoms with Gasteiger partial charge in [-0.1, -0.05) is 28.1 Å². The Hall–Kier alpha value is -1.88. The number of hydrogen-bond acceptors (Lipinski definition) is 3. The number of halogens is 1. The minimum Gasteiger partial charge on any atom is -0.481 e. The van der Waals surface area contributed by atoms with Crippen LogP contribution in [-0.2, 0) is 11.3 Å². The lowest BCUT2D eigenvalue weighted by Crippen LogP contribution is -2.37. The van der Waals surface area contributed by atoms with Gasteiger partial charge in [-0.05, 0) is 37.3 Å². The Morgan fingerprint density at radius 2 is 2.14 bits per heavy atom. The number of rotatable bonds is 5. The minimum absolute atomic E-state index is 0.0828. The zero-order valence-corrected chi connectivity index (χ0v) is 13.6. The maximum Gasteiger partial charge on any atom is 0.263 e. The predicted molar refractivity (Wildman–Crippen MR) is 84.9 cm³/mol. The van der Waals surface area contributed by atoms with Crippen LogP contribution < -0.4 is 4.74 Å². The van der Waals surface area contributed by atoms with E-state index in [1.54, 1.807) is 25.1 Å². The van der Waals surface area contributed by atoms with Crippen molar-refractivity contribution >= 4 is 21.8 Å². The van der Waals surface area contributed by atoms with Crippen LogP contribution in [0.5, 0.6) is 5.75 Å². The van der Waals surface area contributed by atoms with Crippen molar-refractivity contribution in [3.8, 4) is 5.75 Å². The first-order valence-corrected chi connectivity index (χ1v) is 7.42. The highest BCUT2D eigenvalue weighted by atomic mass is 79.9. The van der Waals surface area contributed by atoms with Crippen molar-refractivity contribution < 1.29 is 9.53 Å². The van der Waals surface area contributed by atoms with Crippen LogP contribution in [0.2, 0.25) is 0 Å². The average molecular weight is 349 g/mol. The van der Waals surface area contributed by atoms with Crippen molar-refractivity contribution in [2.45, 2.75) is 19.6 Å². The fourth-order valence-corrected chi connectivity index (χ4v) is 2.30. The Balaban J connectivity index is 1.95. The van der Waals surface area contributed by atoms with Gasteiger partial charge in [-0.15, -0.1) is 0 Å². The third-order valence-corrected chi connectivity index (χ3v) is 3.45. The van der Waals surface area contributed by atoms with Crippen LogP contribution in [0.25, 0.3) is 0 Å². The molecule has 2 aromatic rings. The summed E-state index contributed by atoms with van der Waals surface area (Å²) >= 11 is 3.38. The first kappa shape index (κ1) is 15.5. The van der Waals surface area contributed by atoms with Crippen molar-refractivity contribution in [2.24, 2.45) is 0 Å². The Morgan fingerprint density at radius 1 is 1.33 bits per heavy atom. The Bertz CT molecular complexity index is 604. The van der Waals surface area contributed by atoms with Crippen LogP contribution in [0.4, 0.5) is 0 Å². The summed E-state index contributed by atoms with van der Waals surface area (Å²) in [6.07, 6.45) is 1.17. The molecule has 0 fully saturated rings. The summed E-state index contributed by atoms with van der Waals surface area (Å²) in [5, 5.41) is 0. The molecule has 0 unspecified atom stereocenters. The zero-order valence-electron chi connectivity index (χ0n) is 12.0. The molecule has 0 aliphatic heterocycles. The van der Waals surface area contributed by atoms with E-state index in [1.165, 1.54) is 0 Å². The second-order valence-corrected chi connectivity index (χ2v) is 5.65. The molecule has 0 radical (unpaired) electrons. The quantitative estimate of drug-likeness (QED) is 0.832. The summed E-state index contributed by atoms with van der Waals surface area (Å²) < 4.78 is 6.59. The van der Waals surface area contributed by atoms with E-state index in [2.05, 4.69) is 20.9 Å². The van der Waals surface area contributed by atoms with Gasteiger partial charge in [-0.3, -0.25) is 9.78 Å². The van der Waals surface area contributed by atoms with E-state index in [-0.39, 0.29) is 5.91 Å². The third-order valence-electron chi connectivity index (χ3n) is 2.96.